The molecule has 0 aromatic heterocycles. The molecule has 0 saturated heterocycles. The predicted molar refractivity (Wildman–Crippen MR) is 130 cm³/mol. The van der Waals surface area contributed by atoms with E-state index in [0.29, 0.717) is 38.9 Å². The molecular weight excluding hydrogens is 492 g/mol. The lowest BCUT2D eigenvalue weighted by atomic mass is 10.1. The van der Waals surface area contributed by atoms with Crippen molar-refractivity contribution in [2.45, 2.75) is 13.5 Å². The summed E-state index contributed by atoms with van der Waals surface area (Å²) in [5.74, 6) is 0.474. The average molecular weight is 512 g/mol. The van der Waals surface area contributed by atoms with Crippen LogP contribution in [0, 0.1) is 18.3 Å². The number of nitrogens with one attached hydrogen (secondary N) is 1. The SMILES string of the molecule is COc1cc(/C=C(\C#N)C(=O)Nc2cccc(Cl)c2)cc(Br)c1OCc1ccc(C)cc1. The number of anilines is 1. The van der Waals surface area contributed by atoms with Gasteiger partial charge in [-0.1, -0.05) is 47.5 Å². The van der Waals surface area contributed by atoms with E-state index < -0.39 is 5.91 Å². The van der Waals surface area contributed by atoms with E-state index >= 15 is 0 Å². The molecule has 1 amide bonds. The van der Waals surface area contributed by atoms with Gasteiger partial charge in [0.25, 0.3) is 5.91 Å². The van der Waals surface area contributed by atoms with Crippen LogP contribution in [0.3, 0.4) is 0 Å². The van der Waals surface area contributed by atoms with Gasteiger partial charge in [0.2, 0.25) is 0 Å². The molecule has 0 heterocycles. The number of hydrogen-bond acceptors (Lipinski definition) is 4. The first-order valence-corrected chi connectivity index (χ1v) is 10.8. The maximum absolute atomic E-state index is 12.5. The van der Waals surface area contributed by atoms with Crippen LogP contribution in [0.25, 0.3) is 6.08 Å². The molecule has 0 bridgehead atoms. The van der Waals surface area contributed by atoms with Crippen LogP contribution in [0.15, 0.2) is 70.7 Å². The Labute approximate surface area is 200 Å². The van der Waals surface area contributed by atoms with E-state index in [9.17, 15) is 10.1 Å². The van der Waals surface area contributed by atoms with Gasteiger partial charge in [0, 0.05) is 10.7 Å². The van der Waals surface area contributed by atoms with Crippen LogP contribution in [0.2, 0.25) is 5.02 Å². The number of amides is 1. The highest BCUT2D eigenvalue weighted by Crippen LogP contribution is 2.37. The van der Waals surface area contributed by atoms with E-state index in [4.69, 9.17) is 21.1 Å². The lowest BCUT2D eigenvalue weighted by Gasteiger charge is -2.14. The normalized spacial score (nSPS) is 10.9. The maximum atomic E-state index is 12.5. The summed E-state index contributed by atoms with van der Waals surface area (Å²) in [6.45, 7) is 2.40. The highest BCUT2D eigenvalue weighted by molar-refractivity contribution is 9.10. The molecule has 32 heavy (non-hydrogen) atoms. The summed E-state index contributed by atoms with van der Waals surface area (Å²) in [5, 5.41) is 12.7. The zero-order valence-electron chi connectivity index (χ0n) is 17.5. The highest BCUT2D eigenvalue weighted by Gasteiger charge is 2.14. The second-order valence-corrected chi connectivity index (χ2v) is 8.23. The van der Waals surface area contributed by atoms with Crippen LogP contribution in [0.5, 0.6) is 11.5 Å². The number of ether oxygens (including phenoxy) is 2. The molecule has 0 fully saturated rings. The summed E-state index contributed by atoms with van der Waals surface area (Å²) in [6, 6.07) is 20.2. The van der Waals surface area contributed by atoms with Crippen molar-refractivity contribution in [3.8, 4) is 17.6 Å². The zero-order chi connectivity index (χ0) is 23.1. The van der Waals surface area contributed by atoms with E-state index in [1.165, 1.54) is 18.7 Å². The Morgan fingerprint density at radius 1 is 1.19 bits per heavy atom. The number of halogens is 2. The Hall–Kier alpha value is -3.27. The number of carbonyl (C=O) groups is 1. The Kier molecular flexibility index (Phi) is 7.93. The fourth-order valence-corrected chi connectivity index (χ4v) is 3.65. The van der Waals surface area contributed by atoms with Gasteiger partial charge in [-0.15, -0.1) is 0 Å². The monoisotopic (exact) mass is 510 g/mol. The van der Waals surface area contributed by atoms with Gasteiger partial charge in [-0.3, -0.25) is 4.79 Å². The van der Waals surface area contributed by atoms with Gasteiger partial charge in [-0.05, 0) is 70.4 Å². The van der Waals surface area contributed by atoms with Crippen molar-refractivity contribution in [3.05, 3.63) is 92.4 Å². The second kappa shape index (κ2) is 10.9. The maximum Gasteiger partial charge on any atom is 0.266 e. The zero-order valence-corrected chi connectivity index (χ0v) is 19.8. The van der Waals surface area contributed by atoms with Crippen molar-refractivity contribution in [2.24, 2.45) is 0 Å². The average Bonchev–Trinajstić information content (AvgIpc) is 2.77. The van der Waals surface area contributed by atoms with Crippen LogP contribution < -0.4 is 14.8 Å². The number of nitriles is 1. The van der Waals surface area contributed by atoms with Crippen LogP contribution in [-0.2, 0) is 11.4 Å². The van der Waals surface area contributed by atoms with Crippen molar-refractivity contribution < 1.29 is 14.3 Å². The minimum absolute atomic E-state index is 0.0627. The van der Waals surface area contributed by atoms with Crippen LogP contribution in [0.1, 0.15) is 16.7 Å². The van der Waals surface area contributed by atoms with Crippen molar-refractivity contribution in [2.75, 3.05) is 12.4 Å². The highest BCUT2D eigenvalue weighted by atomic mass is 79.9. The first kappa shape index (κ1) is 23.4. The van der Waals surface area contributed by atoms with Crippen LogP contribution >= 0.6 is 27.5 Å². The van der Waals surface area contributed by atoms with Crippen molar-refractivity contribution >= 4 is 45.2 Å². The molecule has 3 aromatic carbocycles. The van der Waals surface area contributed by atoms with Gasteiger partial charge >= 0.3 is 0 Å². The molecule has 162 valence electrons. The van der Waals surface area contributed by atoms with Gasteiger partial charge in [0.1, 0.15) is 18.2 Å². The molecule has 3 aromatic rings. The summed E-state index contributed by atoms with van der Waals surface area (Å²) in [7, 11) is 1.53. The van der Waals surface area contributed by atoms with Gasteiger partial charge in [-0.25, -0.2) is 0 Å². The van der Waals surface area contributed by atoms with E-state index in [-0.39, 0.29) is 5.57 Å². The third-order valence-corrected chi connectivity index (χ3v) is 5.34. The Morgan fingerprint density at radius 3 is 2.59 bits per heavy atom. The molecule has 0 aliphatic carbocycles. The van der Waals surface area contributed by atoms with Gasteiger partial charge in [-0.2, -0.15) is 5.26 Å². The molecule has 0 radical (unpaired) electrons. The Bertz CT molecular complexity index is 1200. The molecule has 0 spiro atoms. The molecule has 0 saturated carbocycles. The number of hydrogen-bond donors (Lipinski definition) is 1. The number of rotatable bonds is 7. The van der Waals surface area contributed by atoms with E-state index in [1.807, 2.05) is 37.3 Å². The van der Waals surface area contributed by atoms with Crippen molar-refractivity contribution in [1.29, 1.82) is 5.26 Å². The second-order valence-electron chi connectivity index (χ2n) is 6.94. The molecule has 0 aliphatic heterocycles. The quantitative estimate of drug-likeness (QED) is 0.289. The van der Waals surface area contributed by atoms with Crippen molar-refractivity contribution in [1.82, 2.24) is 0 Å². The molecule has 1 N–H and O–H groups in total. The largest absolute Gasteiger partial charge is 0.493 e. The third-order valence-electron chi connectivity index (χ3n) is 4.51. The number of nitrogens with zero attached hydrogens (tertiary/aromatic N) is 1. The summed E-state index contributed by atoms with van der Waals surface area (Å²) < 4.78 is 12.1. The summed E-state index contributed by atoms with van der Waals surface area (Å²) in [6.07, 6.45) is 1.48. The summed E-state index contributed by atoms with van der Waals surface area (Å²) in [4.78, 5) is 12.5. The first-order valence-electron chi connectivity index (χ1n) is 9.64. The summed E-state index contributed by atoms with van der Waals surface area (Å²) >= 11 is 9.45. The lowest BCUT2D eigenvalue weighted by Crippen LogP contribution is -2.13. The topological polar surface area (TPSA) is 71.3 Å². The number of carbonyl (C=O) groups excluding carboxylic acids is 1. The molecule has 0 aliphatic rings. The lowest BCUT2D eigenvalue weighted by molar-refractivity contribution is -0.112. The molecule has 0 atom stereocenters. The minimum Gasteiger partial charge on any atom is -0.493 e. The Morgan fingerprint density at radius 2 is 1.94 bits per heavy atom. The van der Waals surface area contributed by atoms with Gasteiger partial charge in [0.15, 0.2) is 11.5 Å². The Balaban J connectivity index is 1.81. The fraction of sp³-hybridized carbons (Fsp3) is 0.120. The van der Waals surface area contributed by atoms with E-state index in [1.54, 1.807) is 36.4 Å². The van der Waals surface area contributed by atoms with Gasteiger partial charge < -0.3 is 14.8 Å². The molecular formula is C25H20BrClN2O3. The molecule has 0 unspecified atom stereocenters. The first-order chi connectivity index (χ1) is 15.4. The van der Waals surface area contributed by atoms with Crippen LogP contribution in [-0.4, -0.2) is 13.0 Å². The molecule has 7 heteroatoms. The van der Waals surface area contributed by atoms with Crippen LogP contribution in [0.4, 0.5) is 5.69 Å². The molecule has 3 rings (SSSR count). The standard InChI is InChI=1S/C25H20BrClN2O3/c1-16-6-8-17(9-7-16)15-32-24-22(26)11-18(12-23(24)31-2)10-19(14-28)25(30)29-21-5-3-4-20(27)13-21/h3-13H,15H2,1-2H3,(H,29,30)/b19-10+. The molecule has 5 nitrogen and oxygen atoms in total. The smallest absolute Gasteiger partial charge is 0.266 e. The minimum atomic E-state index is -0.537. The summed E-state index contributed by atoms with van der Waals surface area (Å²) in [5.41, 5.74) is 3.25. The van der Waals surface area contributed by atoms with Gasteiger partial charge in [0.05, 0.1) is 11.6 Å². The van der Waals surface area contributed by atoms with Crippen molar-refractivity contribution in [3.63, 3.8) is 0 Å². The van der Waals surface area contributed by atoms with E-state index in [0.717, 1.165) is 5.56 Å². The number of benzene rings is 3. The predicted octanol–water partition coefficient (Wildman–Crippen LogP) is 6.54. The fourth-order valence-electron chi connectivity index (χ4n) is 2.88. The number of aryl methyl sites for hydroxylation is 1. The van der Waals surface area contributed by atoms with E-state index in [2.05, 4.69) is 21.2 Å². The number of methoxy groups -OCH3 is 1. The third kappa shape index (κ3) is 6.13.